The number of nitrogens with zero attached hydrogens (tertiary/aromatic N) is 1. The molecule has 1 unspecified atom stereocenters. The predicted molar refractivity (Wildman–Crippen MR) is 86.4 cm³/mol. The number of aryl methyl sites for hydroxylation is 2. The minimum absolute atomic E-state index is 0.115. The summed E-state index contributed by atoms with van der Waals surface area (Å²) in [5, 5.41) is 10.4. The molecule has 0 saturated heterocycles. The Kier molecular flexibility index (Phi) is 3.73. The maximum atomic E-state index is 4.02. The topological polar surface area (TPSA) is 40.7 Å². The fraction of sp³-hybridized carbons (Fsp3) is 0.167. The van der Waals surface area contributed by atoms with E-state index in [9.17, 15) is 0 Å². The van der Waals surface area contributed by atoms with Crippen molar-refractivity contribution in [1.29, 1.82) is 0 Å². The number of hydrogen-bond acceptors (Lipinski definition) is 2. The lowest BCUT2D eigenvalue weighted by atomic mass is 9.93. The third kappa shape index (κ3) is 2.97. The number of aromatic nitrogens is 2. The molecule has 0 amide bonds. The summed E-state index contributed by atoms with van der Waals surface area (Å²) in [4.78, 5) is 0. The number of aromatic amines is 1. The van der Waals surface area contributed by atoms with E-state index in [0.29, 0.717) is 0 Å². The fourth-order valence-electron chi connectivity index (χ4n) is 2.55. The van der Waals surface area contributed by atoms with E-state index in [0.717, 1.165) is 5.69 Å². The quantitative estimate of drug-likeness (QED) is 0.749. The molecule has 2 aromatic carbocycles. The van der Waals surface area contributed by atoms with E-state index in [2.05, 4.69) is 71.8 Å². The average Bonchev–Trinajstić information content (AvgIpc) is 3.01. The van der Waals surface area contributed by atoms with Crippen LogP contribution in [0, 0.1) is 13.8 Å². The monoisotopic (exact) mass is 277 g/mol. The van der Waals surface area contributed by atoms with Gasteiger partial charge in [0.1, 0.15) is 0 Å². The molecule has 0 aliphatic carbocycles. The minimum Gasteiger partial charge on any atom is -0.372 e. The van der Waals surface area contributed by atoms with E-state index in [4.69, 9.17) is 0 Å². The average molecular weight is 277 g/mol. The first-order valence-corrected chi connectivity index (χ1v) is 7.11. The molecule has 0 radical (unpaired) electrons. The van der Waals surface area contributed by atoms with E-state index >= 15 is 0 Å². The van der Waals surface area contributed by atoms with Crippen molar-refractivity contribution < 1.29 is 0 Å². The molecular weight excluding hydrogens is 258 g/mol. The molecule has 3 aromatic rings. The lowest BCUT2D eigenvalue weighted by molar-refractivity contribution is 0.924. The Labute approximate surface area is 125 Å². The van der Waals surface area contributed by atoms with Crippen molar-refractivity contribution in [3.63, 3.8) is 0 Å². The highest BCUT2D eigenvalue weighted by atomic mass is 15.1. The van der Waals surface area contributed by atoms with E-state index in [-0.39, 0.29) is 6.04 Å². The van der Waals surface area contributed by atoms with Crippen molar-refractivity contribution in [2.45, 2.75) is 19.9 Å². The number of benzene rings is 2. The Morgan fingerprint density at radius 2 is 1.86 bits per heavy atom. The van der Waals surface area contributed by atoms with Crippen LogP contribution >= 0.6 is 0 Å². The number of anilines is 1. The molecular formula is C18H19N3. The minimum atomic E-state index is 0.115. The summed E-state index contributed by atoms with van der Waals surface area (Å²) in [6.07, 6.45) is 3.68. The van der Waals surface area contributed by atoms with E-state index < -0.39 is 0 Å². The lowest BCUT2D eigenvalue weighted by Gasteiger charge is -2.22. The zero-order valence-corrected chi connectivity index (χ0v) is 12.3. The number of H-pyrrole nitrogens is 1. The number of rotatable bonds is 4. The van der Waals surface area contributed by atoms with Gasteiger partial charge in [-0.3, -0.25) is 5.10 Å². The van der Waals surface area contributed by atoms with Crippen LogP contribution in [0.4, 0.5) is 5.69 Å². The third-order valence-electron chi connectivity index (χ3n) is 3.69. The molecule has 1 atom stereocenters. The second-order valence-electron chi connectivity index (χ2n) is 5.34. The van der Waals surface area contributed by atoms with Gasteiger partial charge in [-0.2, -0.15) is 5.10 Å². The SMILES string of the molecule is Cc1ccc(C)c(C(Nc2cn[nH]c2)c2ccccc2)c1. The van der Waals surface area contributed by atoms with Crippen molar-refractivity contribution in [3.05, 3.63) is 83.2 Å². The Morgan fingerprint density at radius 1 is 1.05 bits per heavy atom. The summed E-state index contributed by atoms with van der Waals surface area (Å²) >= 11 is 0. The molecule has 2 N–H and O–H groups in total. The van der Waals surface area contributed by atoms with Gasteiger partial charge in [-0.25, -0.2) is 0 Å². The van der Waals surface area contributed by atoms with E-state index in [1.807, 2.05) is 12.3 Å². The van der Waals surface area contributed by atoms with Crippen LogP contribution in [0.5, 0.6) is 0 Å². The Morgan fingerprint density at radius 3 is 2.57 bits per heavy atom. The van der Waals surface area contributed by atoms with E-state index in [1.54, 1.807) is 6.20 Å². The first-order chi connectivity index (χ1) is 10.2. The fourth-order valence-corrected chi connectivity index (χ4v) is 2.55. The zero-order chi connectivity index (χ0) is 14.7. The third-order valence-corrected chi connectivity index (χ3v) is 3.69. The maximum Gasteiger partial charge on any atom is 0.0771 e. The number of hydrogen-bond donors (Lipinski definition) is 2. The highest BCUT2D eigenvalue weighted by Crippen LogP contribution is 2.29. The normalized spacial score (nSPS) is 12.1. The van der Waals surface area contributed by atoms with Gasteiger partial charge in [-0.05, 0) is 30.5 Å². The van der Waals surface area contributed by atoms with Crippen molar-refractivity contribution in [2.75, 3.05) is 5.32 Å². The summed E-state index contributed by atoms with van der Waals surface area (Å²) in [6.45, 7) is 4.28. The van der Waals surface area contributed by atoms with Gasteiger partial charge in [-0.1, -0.05) is 54.1 Å². The van der Waals surface area contributed by atoms with Crippen LogP contribution in [0.2, 0.25) is 0 Å². The molecule has 0 aliphatic rings. The highest BCUT2D eigenvalue weighted by molar-refractivity contribution is 5.49. The first kappa shape index (κ1) is 13.4. The summed E-state index contributed by atoms with van der Waals surface area (Å²) < 4.78 is 0. The van der Waals surface area contributed by atoms with E-state index in [1.165, 1.54) is 22.3 Å². The van der Waals surface area contributed by atoms with Crippen LogP contribution in [0.3, 0.4) is 0 Å². The molecule has 0 aliphatic heterocycles. The molecule has 3 heteroatoms. The zero-order valence-electron chi connectivity index (χ0n) is 12.3. The number of nitrogens with one attached hydrogen (secondary N) is 2. The van der Waals surface area contributed by atoms with Crippen LogP contribution in [-0.2, 0) is 0 Å². The van der Waals surface area contributed by atoms with Crippen molar-refractivity contribution in [2.24, 2.45) is 0 Å². The molecule has 3 nitrogen and oxygen atoms in total. The molecule has 1 heterocycles. The molecule has 0 bridgehead atoms. The maximum absolute atomic E-state index is 4.02. The van der Waals surface area contributed by atoms with Crippen molar-refractivity contribution in [3.8, 4) is 0 Å². The van der Waals surface area contributed by atoms with Crippen LogP contribution < -0.4 is 5.32 Å². The standard InChI is InChI=1S/C18H19N3/c1-13-8-9-14(2)17(10-13)18(15-6-4-3-5-7-15)21-16-11-19-20-12-16/h3-12,18,21H,1-2H3,(H,19,20). The van der Waals surface area contributed by atoms with Gasteiger partial charge in [0.25, 0.3) is 0 Å². The molecule has 1 aromatic heterocycles. The van der Waals surface area contributed by atoms with Gasteiger partial charge >= 0.3 is 0 Å². The molecule has 21 heavy (non-hydrogen) atoms. The second kappa shape index (κ2) is 5.83. The first-order valence-electron chi connectivity index (χ1n) is 7.11. The van der Waals surface area contributed by atoms with Crippen LogP contribution in [0.15, 0.2) is 60.9 Å². The lowest BCUT2D eigenvalue weighted by Crippen LogP contribution is -2.13. The smallest absolute Gasteiger partial charge is 0.0771 e. The second-order valence-corrected chi connectivity index (χ2v) is 5.34. The molecule has 3 rings (SSSR count). The molecule has 0 spiro atoms. The van der Waals surface area contributed by atoms with Gasteiger partial charge in [0.2, 0.25) is 0 Å². The summed E-state index contributed by atoms with van der Waals surface area (Å²) in [5.74, 6) is 0. The van der Waals surface area contributed by atoms with Crippen LogP contribution in [0.25, 0.3) is 0 Å². The van der Waals surface area contributed by atoms with Gasteiger partial charge in [0, 0.05) is 6.20 Å². The van der Waals surface area contributed by atoms with Crippen LogP contribution in [-0.4, -0.2) is 10.2 Å². The summed E-state index contributed by atoms with van der Waals surface area (Å²) in [5.41, 5.74) is 6.08. The Hall–Kier alpha value is -2.55. The molecule has 106 valence electrons. The predicted octanol–water partition coefficient (Wildman–Crippen LogP) is 4.23. The molecule has 0 fully saturated rings. The van der Waals surface area contributed by atoms with Crippen molar-refractivity contribution in [1.82, 2.24) is 10.2 Å². The van der Waals surface area contributed by atoms with Gasteiger partial charge < -0.3 is 5.32 Å². The molecule has 0 saturated carbocycles. The van der Waals surface area contributed by atoms with Crippen LogP contribution in [0.1, 0.15) is 28.3 Å². The Balaban J connectivity index is 2.05. The summed E-state index contributed by atoms with van der Waals surface area (Å²) in [7, 11) is 0. The Bertz CT molecular complexity index is 703. The van der Waals surface area contributed by atoms with Gasteiger partial charge in [0.15, 0.2) is 0 Å². The van der Waals surface area contributed by atoms with Crippen molar-refractivity contribution >= 4 is 5.69 Å². The summed E-state index contributed by atoms with van der Waals surface area (Å²) in [6, 6.07) is 17.2. The van der Waals surface area contributed by atoms with Gasteiger partial charge in [0.05, 0.1) is 17.9 Å². The van der Waals surface area contributed by atoms with Gasteiger partial charge in [-0.15, -0.1) is 0 Å². The highest BCUT2D eigenvalue weighted by Gasteiger charge is 2.16. The largest absolute Gasteiger partial charge is 0.372 e.